The molecule has 0 bridgehead atoms. The lowest BCUT2D eigenvalue weighted by Gasteiger charge is -2.31. The fourth-order valence-electron chi connectivity index (χ4n) is 4.02. The highest BCUT2D eigenvalue weighted by Gasteiger charge is 2.34. The fourth-order valence-corrected chi connectivity index (χ4v) is 4.02. The molecule has 4 heterocycles. The first-order valence-electron chi connectivity index (χ1n) is 10.2. The van der Waals surface area contributed by atoms with Crippen LogP contribution in [0.25, 0.3) is 0 Å². The second-order valence-corrected chi connectivity index (χ2v) is 7.90. The van der Waals surface area contributed by atoms with Crippen molar-refractivity contribution in [3.8, 4) is 0 Å². The summed E-state index contributed by atoms with van der Waals surface area (Å²) in [5.74, 6) is 3.08. The third-order valence-electron chi connectivity index (χ3n) is 5.76. The zero-order valence-corrected chi connectivity index (χ0v) is 16.5. The van der Waals surface area contributed by atoms with Crippen LogP contribution in [0.4, 0.5) is 0 Å². The Bertz CT molecular complexity index is 982. The number of hydrogen-bond acceptors (Lipinski definition) is 6. The molecule has 0 atom stereocenters. The van der Waals surface area contributed by atoms with Gasteiger partial charge in [-0.1, -0.05) is 0 Å². The number of amides is 1. The Balaban J connectivity index is 1.29. The Morgan fingerprint density at radius 2 is 1.86 bits per heavy atom. The first kappa shape index (κ1) is 18.0. The van der Waals surface area contributed by atoms with Crippen molar-refractivity contribution in [3.05, 3.63) is 54.2 Å². The van der Waals surface area contributed by atoms with Crippen molar-refractivity contribution in [2.45, 2.75) is 51.1 Å². The predicted octanol–water partition coefficient (Wildman–Crippen LogP) is 1.98. The molecule has 2 fully saturated rings. The Kier molecular flexibility index (Phi) is 4.57. The molecule has 29 heavy (non-hydrogen) atoms. The molecule has 0 unspecified atom stereocenters. The van der Waals surface area contributed by atoms with Crippen molar-refractivity contribution >= 4 is 5.91 Å². The number of hydrogen-bond donors (Lipinski definition) is 0. The summed E-state index contributed by atoms with van der Waals surface area (Å²) in [7, 11) is 0. The molecule has 1 amide bonds. The second kappa shape index (κ2) is 7.38. The molecular weight excluding hydrogens is 368 g/mol. The third kappa shape index (κ3) is 3.64. The van der Waals surface area contributed by atoms with Crippen LogP contribution in [0.1, 0.15) is 65.5 Å². The zero-order valence-electron chi connectivity index (χ0n) is 16.5. The molecule has 0 aromatic carbocycles. The van der Waals surface area contributed by atoms with Crippen LogP contribution < -0.4 is 0 Å². The maximum Gasteiger partial charge on any atom is 0.256 e. The van der Waals surface area contributed by atoms with Gasteiger partial charge in [0.2, 0.25) is 0 Å². The van der Waals surface area contributed by atoms with Crippen LogP contribution in [0, 0.1) is 6.92 Å². The fraction of sp³-hybridized carbons (Fsp3) is 0.500. The zero-order chi connectivity index (χ0) is 19.8. The highest BCUT2D eigenvalue weighted by atomic mass is 16.2. The largest absolute Gasteiger partial charge is 0.339 e. The quantitative estimate of drug-likeness (QED) is 0.659. The lowest BCUT2D eigenvalue weighted by Crippen LogP contribution is -2.38. The maximum atomic E-state index is 12.7. The van der Waals surface area contributed by atoms with Crippen molar-refractivity contribution in [1.29, 1.82) is 0 Å². The van der Waals surface area contributed by atoms with Crippen LogP contribution in [0.2, 0.25) is 0 Å². The van der Waals surface area contributed by atoms with Gasteiger partial charge in [0.05, 0.1) is 18.4 Å². The van der Waals surface area contributed by atoms with Gasteiger partial charge < -0.3 is 14.0 Å². The lowest BCUT2D eigenvalue weighted by atomic mass is 9.95. The van der Waals surface area contributed by atoms with Crippen molar-refractivity contribution in [2.24, 2.45) is 0 Å². The van der Waals surface area contributed by atoms with Gasteiger partial charge in [0.1, 0.15) is 11.6 Å². The van der Waals surface area contributed by atoms with Crippen molar-refractivity contribution < 1.29 is 4.79 Å². The van der Waals surface area contributed by atoms with E-state index in [-0.39, 0.29) is 5.91 Å². The van der Waals surface area contributed by atoms with Gasteiger partial charge in [-0.3, -0.25) is 4.79 Å². The summed E-state index contributed by atoms with van der Waals surface area (Å²) < 4.78 is 4.37. The van der Waals surface area contributed by atoms with E-state index in [1.807, 2.05) is 28.9 Å². The minimum atomic E-state index is 0.00732. The van der Waals surface area contributed by atoms with Gasteiger partial charge in [-0.05, 0) is 32.6 Å². The summed E-state index contributed by atoms with van der Waals surface area (Å²) in [6, 6.07) is 0.517. The summed E-state index contributed by atoms with van der Waals surface area (Å²) >= 11 is 0. The summed E-state index contributed by atoms with van der Waals surface area (Å²) in [5.41, 5.74) is 0.554. The van der Waals surface area contributed by atoms with Gasteiger partial charge in [0, 0.05) is 49.8 Å². The summed E-state index contributed by atoms with van der Waals surface area (Å²) in [5, 5.41) is 9.08. The number of carbonyl (C=O) groups excluding carboxylic acids is 1. The molecule has 1 aliphatic carbocycles. The number of rotatable bonds is 5. The second-order valence-electron chi connectivity index (χ2n) is 7.90. The number of aryl methyl sites for hydroxylation is 1. The molecule has 2 aliphatic rings. The lowest BCUT2D eigenvalue weighted by molar-refractivity contribution is 0.0709. The Morgan fingerprint density at radius 3 is 2.52 bits per heavy atom. The maximum absolute atomic E-state index is 12.7. The van der Waals surface area contributed by atoms with E-state index < -0.39 is 0 Å². The summed E-state index contributed by atoms with van der Waals surface area (Å²) in [6.45, 7) is 3.93. The standard InChI is InChI=1S/C20H24N8O/c1-14-22-10-16(11-23-14)20(29)27-7-4-15(5-8-27)19-25-24-18(28(19)17-2-3-17)12-26-9-6-21-13-26/h6,9-11,13,15,17H,2-5,7-8,12H2,1H3. The molecule has 9 nitrogen and oxygen atoms in total. The topological polar surface area (TPSA) is 94.6 Å². The molecule has 3 aromatic rings. The smallest absolute Gasteiger partial charge is 0.256 e. The number of piperidine rings is 1. The number of carbonyl (C=O) groups is 1. The van der Waals surface area contributed by atoms with Gasteiger partial charge in [-0.25, -0.2) is 15.0 Å². The number of likely N-dealkylation sites (tertiary alicyclic amines) is 1. The van der Waals surface area contributed by atoms with E-state index in [1.165, 1.54) is 12.8 Å². The van der Waals surface area contributed by atoms with Crippen LogP contribution in [0.5, 0.6) is 0 Å². The molecular formula is C20H24N8O. The molecule has 5 rings (SSSR count). The Morgan fingerprint density at radius 1 is 1.10 bits per heavy atom. The average molecular weight is 392 g/mol. The van der Waals surface area contributed by atoms with E-state index in [0.29, 0.717) is 43.0 Å². The molecule has 0 N–H and O–H groups in total. The third-order valence-corrected chi connectivity index (χ3v) is 5.76. The van der Waals surface area contributed by atoms with Crippen molar-refractivity contribution in [3.63, 3.8) is 0 Å². The normalized spacial score (nSPS) is 17.6. The monoisotopic (exact) mass is 392 g/mol. The molecule has 3 aromatic heterocycles. The van der Waals surface area contributed by atoms with E-state index in [4.69, 9.17) is 0 Å². The van der Waals surface area contributed by atoms with E-state index in [2.05, 4.69) is 29.7 Å². The van der Waals surface area contributed by atoms with Crippen LogP contribution in [-0.4, -0.2) is 58.2 Å². The summed E-state index contributed by atoms with van der Waals surface area (Å²) in [6.07, 6.45) is 12.9. The Hall–Kier alpha value is -3.10. The van der Waals surface area contributed by atoms with Crippen molar-refractivity contribution in [1.82, 2.24) is 39.2 Å². The molecule has 1 aliphatic heterocycles. The highest BCUT2D eigenvalue weighted by molar-refractivity contribution is 5.93. The molecule has 0 radical (unpaired) electrons. The van der Waals surface area contributed by atoms with Crippen LogP contribution >= 0.6 is 0 Å². The van der Waals surface area contributed by atoms with Gasteiger partial charge >= 0.3 is 0 Å². The van der Waals surface area contributed by atoms with E-state index >= 15 is 0 Å². The molecule has 1 saturated heterocycles. The highest BCUT2D eigenvalue weighted by Crippen LogP contribution is 2.40. The molecule has 150 valence electrons. The van der Waals surface area contributed by atoms with E-state index in [0.717, 1.165) is 24.5 Å². The van der Waals surface area contributed by atoms with Crippen LogP contribution in [-0.2, 0) is 6.54 Å². The van der Waals surface area contributed by atoms with Gasteiger partial charge in [0.15, 0.2) is 5.82 Å². The number of aromatic nitrogens is 7. The van der Waals surface area contributed by atoms with Crippen molar-refractivity contribution in [2.75, 3.05) is 13.1 Å². The SMILES string of the molecule is Cc1ncc(C(=O)N2CCC(c3nnc(Cn4ccnc4)n3C3CC3)CC2)cn1. The summed E-state index contributed by atoms with van der Waals surface area (Å²) in [4.78, 5) is 27.0. The molecule has 0 spiro atoms. The van der Waals surface area contributed by atoms with Gasteiger partial charge in [-0.15, -0.1) is 10.2 Å². The van der Waals surface area contributed by atoms with Gasteiger partial charge in [0.25, 0.3) is 5.91 Å². The molecule has 1 saturated carbocycles. The number of nitrogens with zero attached hydrogens (tertiary/aromatic N) is 8. The minimum absolute atomic E-state index is 0.00732. The predicted molar refractivity (Wildman–Crippen MR) is 104 cm³/mol. The number of imidazole rings is 1. The van der Waals surface area contributed by atoms with E-state index in [9.17, 15) is 4.79 Å². The van der Waals surface area contributed by atoms with Gasteiger partial charge in [-0.2, -0.15) is 0 Å². The Labute approximate surface area is 168 Å². The first-order chi connectivity index (χ1) is 14.2. The molecule has 9 heteroatoms. The first-order valence-corrected chi connectivity index (χ1v) is 10.2. The average Bonchev–Trinajstić information content (AvgIpc) is 3.29. The van der Waals surface area contributed by atoms with Crippen LogP contribution in [0.3, 0.4) is 0 Å². The minimum Gasteiger partial charge on any atom is -0.339 e. The van der Waals surface area contributed by atoms with Crippen LogP contribution in [0.15, 0.2) is 31.1 Å². The van der Waals surface area contributed by atoms with E-state index in [1.54, 1.807) is 18.6 Å².